The first-order chi connectivity index (χ1) is 12.1. The number of furan rings is 1. The highest BCUT2D eigenvalue weighted by atomic mass is 16.4. The topological polar surface area (TPSA) is 88.6 Å². The zero-order chi connectivity index (χ0) is 17.4. The summed E-state index contributed by atoms with van der Waals surface area (Å²) in [7, 11) is 0. The van der Waals surface area contributed by atoms with Crippen LogP contribution in [0.3, 0.4) is 0 Å². The lowest BCUT2D eigenvalue weighted by Crippen LogP contribution is -2.40. The number of carbonyl (C=O) groups excluding carboxylic acids is 2. The molecule has 0 aliphatic carbocycles. The fourth-order valence-corrected chi connectivity index (χ4v) is 2.83. The number of oxazole rings is 1. The van der Waals surface area contributed by atoms with Crippen LogP contribution in [-0.2, 0) is 16.9 Å². The summed E-state index contributed by atoms with van der Waals surface area (Å²) in [6, 6.07) is 12.3. The second-order valence-electron chi connectivity index (χ2n) is 5.91. The number of aromatic nitrogens is 1. The number of nitrogens with zero attached hydrogens (tertiary/aromatic N) is 2. The molecule has 0 radical (unpaired) electrons. The molecule has 2 aromatic heterocycles. The van der Waals surface area contributed by atoms with Crippen LogP contribution in [0.25, 0.3) is 11.3 Å². The van der Waals surface area contributed by atoms with Gasteiger partial charge in [-0.25, -0.2) is 9.78 Å². The summed E-state index contributed by atoms with van der Waals surface area (Å²) in [5.74, 6) is 0.833. The van der Waals surface area contributed by atoms with Crippen LogP contribution in [0.2, 0.25) is 0 Å². The highest BCUT2D eigenvalue weighted by Crippen LogP contribution is 2.30. The monoisotopic (exact) mass is 337 g/mol. The van der Waals surface area contributed by atoms with Crippen molar-refractivity contribution in [1.82, 2.24) is 15.2 Å². The Morgan fingerprint density at radius 2 is 1.96 bits per heavy atom. The molecule has 1 saturated heterocycles. The molecule has 1 fully saturated rings. The number of benzene rings is 1. The summed E-state index contributed by atoms with van der Waals surface area (Å²) in [6.07, 6.45) is 3.04. The minimum atomic E-state index is -1.23. The summed E-state index contributed by atoms with van der Waals surface area (Å²) in [4.78, 5) is 30.2. The molecule has 4 rings (SSSR count). The Labute approximate surface area is 143 Å². The fourth-order valence-electron chi connectivity index (χ4n) is 2.83. The Morgan fingerprint density at radius 3 is 2.68 bits per heavy atom. The third-order valence-corrected chi connectivity index (χ3v) is 4.19. The minimum Gasteiger partial charge on any atom is -0.466 e. The molecule has 25 heavy (non-hydrogen) atoms. The zero-order valence-corrected chi connectivity index (χ0v) is 13.4. The van der Waals surface area contributed by atoms with Crippen LogP contribution in [0.5, 0.6) is 0 Å². The van der Waals surface area contributed by atoms with Crippen molar-refractivity contribution in [2.75, 3.05) is 0 Å². The molecule has 7 heteroatoms. The van der Waals surface area contributed by atoms with Crippen LogP contribution in [-0.4, -0.2) is 21.8 Å². The van der Waals surface area contributed by atoms with Crippen molar-refractivity contribution in [3.8, 4) is 11.3 Å². The number of hydrogen-bond donors (Lipinski definition) is 1. The molecule has 3 amide bonds. The lowest BCUT2D eigenvalue weighted by Gasteiger charge is -2.18. The van der Waals surface area contributed by atoms with Crippen LogP contribution in [0.15, 0.2) is 63.8 Å². The minimum absolute atomic E-state index is 0.0478. The molecule has 1 aromatic carbocycles. The van der Waals surface area contributed by atoms with Crippen molar-refractivity contribution >= 4 is 11.9 Å². The van der Waals surface area contributed by atoms with Gasteiger partial charge in [-0.15, -0.1) is 0 Å². The van der Waals surface area contributed by atoms with Crippen LogP contribution in [0.4, 0.5) is 4.79 Å². The number of amides is 3. The number of rotatable bonds is 4. The maximum absolute atomic E-state index is 12.7. The maximum atomic E-state index is 12.7. The first kappa shape index (κ1) is 15.2. The van der Waals surface area contributed by atoms with Crippen molar-refractivity contribution in [2.45, 2.75) is 19.0 Å². The van der Waals surface area contributed by atoms with E-state index < -0.39 is 17.5 Å². The van der Waals surface area contributed by atoms with Gasteiger partial charge in [-0.2, -0.15) is 0 Å². The predicted octanol–water partition coefficient (Wildman–Crippen LogP) is 2.90. The average molecular weight is 337 g/mol. The predicted molar refractivity (Wildman–Crippen MR) is 87.1 cm³/mol. The van der Waals surface area contributed by atoms with E-state index in [1.165, 1.54) is 6.26 Å². The molecule has 0 spiro atoms. The van der Waals surface area contributed by atoms with Crippen molar-refractivity contribution in [3.05, 3.63) is 66.6 Å². The normalized spacial score (nSPS) is 20.1. The lowest BCUT2D eigenvalue weighted by atomic mass is 9.99. The van der Waals surface area contributed by atoms with Gasteiger partial charge in [0.1, 0.15) is 12.3 Å². The Balaban J connectivity index is 1.56. The van der Waals surface area contributed by atoms with Gasteiger partial charge in [0.15, 0.2) is 11.3 Å². The molecular weight excluding hydrogens is 322 g/mol. The third-order valence-electron chi connectivity index (χ3n) is 4.19. The van der Waals surface area contributed by atoms with Crippen LogP contribution < -0.4 is 5.32 Å². The van der Waals surface area contributed by atoms with Gasteiger partial charge in [-0.3, -0.25) is 9.69 Å². The van der Waals surface area contributed by atoms with Crippen LogP contribution in [0, 0.1) is 0 Å². The molecule has 0 saturated carbocycles. The van der Waals surface area contributed by atoms with Gasteiger partial charge in [0.05, 0.1) is 12.5 Å². The molecule has 0 bridgehead atoms. The van der Waals surface area contributed by atoms with E-state index in [4.69, 9.17) is 8.83 Å². The summed E-state index contributed by atoms with van der Waals surface area (Å²) in [6.45, 7) is 1.56. The highest BCUT2D eigenvalue weighted by Gasteiger charge is 2.51. The number of urea groups is 1. The molecule has 3 aromatic rings. The first-order valence-electron chi connectivity index (χ1n) is 7.76. The van der Waals surface area contributed by atoms with E-state index >= 15 is 0 Å². The van der Waals surface area contributed by atoms with E-state index in [1.807, 2.05) is 30.3 Å². The molecule has 3 heterocycles. The molecule has 7 nitrogen and oxygen atoms in total. The number of imide groups is 1. The number of carbonyl (C=O) groups is 2. The van der Waals surface area contributed by atoms with E-state index in [0.717, 1.165) is 10.5 Å². The van der Waals surface area contributed by atoms with E-state index in [9.17, 15) is 9.59 Å². The third kappa shape index (κ3) is 2.50. The number of nitrogens with one attached hydrogen (secondary N) is 1. The Hall–Kier alpha value is -3.35. The quantitative estimate of drug-likeness (QED) is 0.740. The molecule has 1 N–H and O–H groups in total. The molecule has 1 aliphatic heterocycles. The van der Waals surface area contributed by atoms with Gasteiger partial charge >= 0.3 is 6.03 Å². The summed E-state index contributed by atoms with van der Waals surface area (Å²) in [5, 5.41) is 2.67. The Morgan fingerprint density at radius 1 is 1.16 bits per heavy atom. The summed E-state index contributed by atoms with van der Waals surface area (Å²) >= 11 is 0. The molecule has 1 aliphatic rings. The second kappa shape index (κ2) is 5.62. The molecule has 126 valence electrons. The van der Waals surface area contributed by atoms with Gasteiger partial charge < -0.3 is 14.2 Å². The smallest absolute Gasteiger partial charge is 0.325 e. The van der Waals surface area contributed by atoms with Crippen molar-refractivity contribution in [2.24, 2.45) is 0 Å². The largest absolute Gasteiger partial charge is 0.466 e. The van der Waals surface area contributed by atoms with Crippen molar-refractivity contribution in [1.29, 1.82) is 0 Å². The van der Waals surface area contributed by atoms with Crippen molar-refractivity contribution in [3.63, 3.8) is 0 Å². The first-order valence-corrected chi connectivity index (χ1v) is 7.76. The van der Waals surface area contributed by atoms with Gasteiger partial charge in [0.2, 0.25) is 5.89 Å². The standard InChI is InChI=1S/C18H15N3O4/c1-18(14-8-5-9-24-14)16(22)21(17(23)20-18)11-15-19-10-13(25-15)12-6-3-2-4-7-12/h2-10H,11H2,1H3,(H,20,23)/t18-/m1/s1. The number of hydrogen-bond acceptors (Lipinski definition) is 5. The van der Waals surface area contributed by atoms with Gasteiger partial charge in [0, 0.05) is 5.56 Å². The zero-order valence-electron chi connectivity index (χ0n) is 13.4. The summed E-state index contributed by atoms with van der Waals surface area (Å²) in [5.41, 5.74) is -0.353. The molecule has 0 unspecified atom stereocenters. The Kier molecular flexibility index (Phi) is 3.42. The SMILES string of the molecule is C[C@]1(c2ccco2)NC(=O)N(Cc2ncc(-c3ccccc3)o2)C1=O. The molecular formula is C18H15N3O4. The lowest BCUT2D eigenvalue weighted by molar-refractivity contribution is -0.132. The fraction of sp³-hybridized carbons (Fsp3) is 0.167. The van der Waals surface area contributed by atoms with Crippen LogP contribution in [0.1, 0.15) is 18.6 Å². The Bertz CT molecular complexity index is 917. The van der Waals surface area contributed by atoms with Crippen molar-refractivity contribution < 1.29 is 18.4 Å². The van der Waals surface area contributed by atoms with E-state index in [2.05, 4.69) is 10.3 Å². The van der Waals surface area contributed by atoms with E-state index in [1.54, 1.807) is 25.3 Å². The summed E-state index contributed by atoms with van der Waals surface area (Å²) < 4.78 is 11.0. The van der Waals surface area contributed by atoms with Crippen LogP contribution >= 0.6 is 0 Å². The highest BCUT2D eigenvalue weighted by molar-refractivity contribution is 6.06. The van der Waals surface area contributed by atoms with Gasteiger partial charge in [0.25, 0.3) is 5.91 Å². The van der Waals surface area contributed by atoms with Gasteiger partial charge in [-0.05, 0) is 19.1 Å². The second-order valence-corrected chi connectivity index (χ2v) is 5.91. The van der Waals surface area contributed by atoms with E-state index in [0.29, 0.717) is 11.5 Å². The molecule has 1 atom stereocenters. The van der Waals surface area contributed by atoms with Gasteiger partial charge in [-0.1, -0.05) is 30.3 Å². The van der Waals surface area contributed by atoms with E-state index in [-0.39, 0.29) is 12.4 Å². The average Bonchev–Trinajstić information content (AvgIpc) is 3.34. The maximum Gasteiger partial charge on any atom is 0.325 e.